The van der Waals surface area contributed by atoms with Crippen LogP contribution in [0.25, 0.3) is 0 Å². The average molecular weight is 256 g/mol. The second-order valence-electron chi connectivity index (χ2n) is 5.95. The summed E-state index contributed by atoms with van der Waals surface area (Å²) in [4.78, 5) is 2.35. The van der Waals surface area contributed by atoms with Crippen molar-refractivity contribution in [3.8, 4) is 0 Å². The molecule has 0 bridgehead atoms. The third kappa shape index (κ3) is 4.22. The van der Waals surface area contributed by atoms with Gasteiger partial charge in [-0.3, -0.25) is 4.90 Å². The van der Waals surface area contributed by atoms with Crippen molar-refractivity contribution in [3.63, 3.8) is 0 Å². The monoisotopic (exact) mass is 256 g/mol. The molecule has 0 heterocycles. The van der Waals surface area contributed by atoms with Gasteiger partial charge in [-0.2, -0.15) is 0 Å². The molecule has 0 amide bonds. The van der Waals surface area contributed by atoms with Gasteiger partial charge in [-0.25, -0.2) is 0 Å². The minimum Gasteiger partial charge on any atom is -0.395 e. The van der Waals surface area contributed by atoms with E-state index in [4.69, 9.17) is 5.73 Å². The number of hydrogen-bond acceptors (Lipinski definition) is 3. The third-order valence-electron chi connectivity index (χ3n) is 4.80. The van der Waals surface area contributed by atoms with E-state index in [1.165, 1.54) is 32.1 Å². The first-order valence-corrected chi connectivity index (χ1v) is 7.72. The van der Waals surface area contributed by atoms with Crippen LogP contribution in [0.4, 0.5) is 0 Å². The molecule has 0 aromatic rings. The lowest BCUT2D eigenvalue weighted by Gasteiger charge is -2.40. The van der Waals surface area contributed by atoms with E-state index in [1.54, 1.807) is 0 Å². The summed E-state index contributed by atoms with van der Waals surface area (Å²) < 4.78 is 0. The van der Waals surface area contributed by atoms with Gasteiger partial charge in [-0.15, -0.1) is 0 Å². The largest absolute Gasteiger partial charge is 0.395 e. The molecule has 3 nitrogen and oxygen atoms in total. The van der Waals surface area contributed by atoms with E-state index in [0.29, 0.717) is 6.04 Å². The number of hydrogen-bond donors (Lipinski definition) is 2. The van der Waals surface area contributed by atoms with Gasteiger partial charge < -0.3 is 10.8 Å². The lowest BCUT2D eigenvalue weighted by atomic mass is 9.83. The molecule has 1 aliphatic carbocycles. The zero-order valence-corrected chi connectivity index (χ0v) is 12.4. The molecule has 1 fully saturated rings. The van der Waals surface area contributed by atoms with Gasteiger partial charge in [0.15, 0.2) is 0 Å². The van der Waals surface area contributed by atoms with Crippen LogP contribution in [0, 0.1) is 5.92 Å². The van der Waals surface area contributed by atoms with Crippen molar-refractivity contribution in [1.29, 1.82) is 0 Å². The van der Waals surface area contributed by atoms with Gasteiger partial charge >= 0.3 is 0 Å². The Labute approximate surface area is 113 Å². The Balaban J connectivity index is 2.48. The van der Waals surface area contributed by atoms with Crippen molar-refractivity contribution in [2.24, 2.45) is 11.7 Å². The molecule has 2 atom stereocenters. The molecule has 1 saturated carbocycles. The molecule has 108 valence electrons. The predicted molar refractivity (Wildman–Crippen MR) is 77.6 cm³/mol. The van der Waals surface area contributed by atoms with Crippen molar-refractivity contribution >= 4 is 0 Å². The summed E-state index contributed by atoms with van der Waals surface area (Å²) in [6.07, 6.45) is 8.62. The van der Waals surface area contributed by atoms with Gasteiger partial charge in [-0.1, -0.05) is 26.7 Å². The maximum absolute atomic E-state index is 9.60. The van der Waals surface area contributed by atoms with E-state index >= 15 is 0 Å². The Morgan fingerprint density at radius 2 is 1.83 bits per heavy atom. The van der Waals surface area contributed by atoms with Gasteiger partial charge in [0.2, 0.25) is 0 Å². The van der Waals surface area contributed by atoms with Crippen molar-refractivity contribution in [1.82, 2.24) is 4.90 Å². The summed E-state index contributed by atoms with van der Waals surface area (Å²) in [5, 5.41) is 9.60. The van der Waals surface area contributed by atoms with Crippen LogP contribution in [0.3, 0.4) is 0 Å². The zero-order chi connectivity index (χ0) is 13.5. The Kier molecular flexibility index (Phi) is 7.20. The fourth-order valence-corrected chi connectivity index (χ4v) is 3.32. The molecule has 0 aliphatic heterocycles. The maximum Gasteiger partial charge on any atom is 0.0601 e. The summed E-state index contributed by atoms with van der Waals surface area (Å²) in [6.45, 7) is 4.63. The number of aliphatic hydroxyl groups is 1. The topological polar surface area (TPSA) is 49.5 Å². The Bertz CT molecular complexity index is 215. The van der Waals surface area contributed by atoms with Crippen molar-refractivity contribution in [2.45, 2.75) is 76.9 Å². The lowest BCUT2D eigenvalue weighted by Crippen LogP contribution is -2.52. The third-order valence-corrected chi connectivity index (χ3v) is 4.80. The van der Waals surface area contributed by atoms with Crippen LogP contribution in [0.5, 0.6) is 0 Å². The molecule has 0 spiro atoms. The van der Waals surface area contributed by atoms with E-state index in [9.17, 15) is 5.11 Å². The normalized spacial score (nSPS) is 28.3. The highest BCUT2D eigenvalue weighted by Gasteiger charge is 2.29. The highest BCUT2D eigenvalue weighted by atomic mass is 16.3. The van der Waals surface area contributed by atoms with E-state index in [1.807, 2.05) is 0 Å². The van der Waals surface area contributed by atoms with E-state index < -0.39 is 0 Å². The quantitative estimate of drug-likeness (QED) is 0.735. The van der Waals surface area contributed by atoms with Gasteiger partial charge in [0.05, 0.1) is 6.61 Å². The molecule has 0 aromatic carbocycles. The smallest absolute Gasteiger partial charge is 0.0601 e. The number of nitrogens with zero attached hydrogens (tertiary/aromatic N) is 1. The van der Waals surface area contributed by atoms with Crippen LogP contribution in [0.2, 0.25) is 0 Å². The van der Waals surface area contributed by atoms with Gasteiger partial charge in [0.1, 0.15) is 0 Å². The van der Waals surface area contributed by atoms with Gasteiger partial charge in [-0.05, 0) is 45.1 Å². The molecule has 3 N–H and O–H groups in total. The predicted octanol–water partition coefficient (Wildman–Crippen LogP) is 2.38. The van der Waals surface area contributed by atoms with E-state index in [-0.39, 0.29) is 18.7 Å². The van der Waals surface area contributed by atoms with Gasteiger partial charge in [0.25, 0.3) is 0 Å². The molecule has 1 aliphatic rings. The average Bonchev–Trinajstić information content (AvgIpc) is 2.40. The number of rotatable bonds is 7. The van der Waals surface area contributed by atoms with Gasteiger partial charge in [0, 0.05) is 18.1 Å². The van der Waals surface area contributed by atoms with Crippen LogP contribution >= 0.6 is 0 Å². The molecule has 0 aromatic heterocycles. The van der Waals surface area contributed by atoms with Crippen LogP contribution < -0.4 is 5.73 Å². The summed E-state index contributed by atoms with van der Waals surface area (Å²) in [5.41, 5.74) is 6.20. The van der Waals surface area contributed by atoms with Crippen molar-refractivity contribution in [3.05, 3.63) is 0 Å². The fourth-order valence-electron chi connectivity index (χ4n) is 3.32. The second-order valence-corrected chi connectivity index (χ2v) is 5.95. The van der Waals surface area contributed by atoms with Crippen LogP contribution in [0.1, 0.15) is 58.8 Å². The van der Waals surface area contributed by atoms with Crippen LogP contribution in [0.15, 0.2) is 0 Å². The van der Waals surface area contributed by atoms with Crippen molar-refractivity contribution < 1.29 is 5.11 Å². The van der Waals surface area contributed by atoms with E-state index in [2.05, 4.69) is 25.8 Å². The molecule has 0 radical (unpaired) electrons. The first-order chi connectivity index (χ1) is 8.63. The SMILES string of the molecule is CCCC(N)C(CO)N(C)C1CCC(CC)CC1. The first kappa shape index (κ1) is 15.9. The second kappa shape index (κ2) is 8.13. The minimum atomic E-state index is 0.105. The molecule has 3 heteroatoms. The molecule has 18 heavy (non-hydrogen) atoms. The molecule has 1 rings (SSSR count). The summed E-state index contributed by atoms with van der Waals surface area (Å²) >= 11 is 0. The lowest BCUT2D eigenvalue weighted by molar-refractivity contribution is 0.0638. The number of likely N-dealkylation sites (N-methyl/N-ethyl adjacent to an activating group) is 1. The summed E-state index contributed by atoms with van der Waals surface area (Å²) in [5.74, 6) is 0.923. The Hall–Kier alpha value is -0.120. The molecule has 2 unspecified atom stereocenters. The minimum absolute atomic E-state index is 0.105. The standard InChI is InChI=1S/C15H32N2O/c1-4-6-14(16)15(11-18)17(3)13-9-7-12(5-2)8-10-13/h12-15,18H,4-11,16H2,1-3H3. The fraction of sp³-hybridized carbons (Fsp3) is 1.00. The zero-order valence-electron chi connectivity index (χ0n) is 12.4. The Morgan fingerprint density at radius 3 is 2.28 bits per heavy atom. The van der Waals surface area contributed by atoms with Crippen LogP contribution in [-0.2, 0) is 0 Å². The summed E-state index contributed by atoms with van der Waals surface area (Å²) in [7, 11) is 2.15. The van der Waals surface area contributed by atoms with E-state index in [0.717, 1.165) is 18.8 Å². The highest BCUT2D eigenvalue weighted by Crippen LogP contribution is 2.30. The molecular weight excluding hydrogens is 224 g/mol. The molecule has 0 saturated heterocycles. The van der Waals surface area contributed by atoms with Crippen LogP contribution in [-0.4, -0.2) is 41.8 Å². The number of aliphatic hydroxyl groups excluding tert-OH is 1. The molecular formula is C15H32N2O. The first-order valence-electron chi connectivity index (χ1n) is 7.72. The Morgan fingerprint density at radius 1 is 1.22 bits per heavy atom. The summed E-state index contributed by atoms with van der Waals surface area (Å²) in [6, 6.07) is 0.856. The maximum atomic E-state index is 9.60. The number of nitrogens with two attached hydrogens (primary N) is 1. The van der Waals surface area contributed by atoms with Crippen molar-refractivity contribution in [2.75, 3.05) is 13.7 Å². The highest BCUT2D eigenvalue weighted by molar-refractivity contribution is 4.86.